The highest BCUT2D eigenvalue weighted by molar-refractivity contribution is 7.89. The Balaban J connectivity index is 2.09. The Labute approximate surface area is 115 Å². The summed E-state index contributed by atoms with van der Waals surface area (Å²) in [7, 11) is -3.50. The molecule has 0 bridgehead atoms. The molecule has 98 valence electrons. The molecule has 1 aromatic rings. The number of hydrogen-bond donors (Lipinski definition) is 1. The van der Waals surface area contributed by atoms with Gasteiger partial charge in [-0.25, -0.2) is 8.42 Å². The van der Waals surface area contributed by atoms with Crippen molar-refractivity contribution in [1.29, 1.82) is 0 Å². The van der Waals surface area contributed by atoms with E-state index in [2.05, 4.69) is 0 Å². The molecule has 1 N–H and O–H groups in total. The van der Waals surface area contributed by atoms with E-state index in [-0.39, 0.29) is 11.8 Å². The highest BCUT2D eigenvalue weighted by Crippen LogP contribution is 2.50. The summed E-state index contributed by atoms with van der Waals surface area (Å²) >= 11 is 11.8. The number of amides is 1. The van der Waals surface area contributed by atoms with Gasteiger partial charge in [0.15, 0.2) is 0 Å². The number of carbonyl (C=O) groups excluding carboxylic acids is 1. The fourth-order valence-corrected chi connectivity index (χ4v) is 2.95. The van der Waals surface area contributed by atoms with Gasteiger partial charge in [0, 0.05) is 16.0 Å². The molecule has 0 aromatic heterocycles. The maximum absolute atomic E-state index is 11.6. The summed E-state index contributed by atoms with van der Waals surface area (Å²) in [6.07, 6.45) is 1.56. The molecule has 7 heteroatoms. The Morgan fingerprint density at radius 1 is 1.39 bits per heavy atom. The Bertz CT molecular complexity index is 600. The first kappa shape index (κ1) is 13.6. The standard InChI is InChI=1S/C11H11Cl2NO3S/c1-18(16,17)14-11(15)9-5-8(9)7-3-2-6(12)4-10(7)13/h2-4,8-9H,5H2,1H3,(H,14,15)/t8-,9+/m0/s1. The van der Waals surface area contributed by atoms with Crippen molar-refractivity contribution < 1.29 is 13.2 Å². The molecule has 0 radical (unpaired) electrons. The third-order valence-corrected chi connectivity index (χ3v) is 3.91. The van der Waals surface area contributed by atoms with Gasteiger partial charge in [0.2, 0.25) is 15.9 Å². The fraction of sp³-hybridized carbons (Fsp3) is 0.364. The van der Waals surface area contributed by atoms with Crippen molar-refractivity contribution in [2.75, 3.05) is 6.26 Å². The van der Waals surface area contributed by atoms with E-state index in [0.717, 1.165) is 11.8 Å². The van der Waals surface area contributed by atoms with Crippen LogP contribution in [-0.2, 0) is 14.8 Å². The predicted molar refractivity (Wildman–Crippen MR) is 70.3 cm³/mol. The molecule has 1 fully saturated rings. The van der Waals surface area contributed by atoms with Gasteiger partial charge in [-0.05, 0) is 30.0 Å². The number of nitrogens with one attached hydrogen (secondary N) is 1. The van der Waals surface area contributed by atoms with Crippen LogP contribution < -0.4 is 4.72 Å². The number of hydrogen-bond acceptors (Lipinski definition) is 3. The summed E-state index contributed by atoms with van der Waals surface area (Å²) in [5, 5.41) is 1.03. The van der Waals surface area contributed by atoms with Gasteiger partial charge in [0.1, 0.15) is 0 Å². The van der Waals surface area contributed by atoms with Crippen LogP contribution >= 0.6 is 23.2 Å². The molecule has 0 aliphatic heterocycles. The van der Waals surface area contributed by atoms with Gasteiger partial charge >= 0.3 is 0 Å². The Morgan fingerprint density at radius 2 is 2.06 bits per heavy atom. The second-order valence-electron chi connectivity index (χ2n) is 4.35. The molecular weight excluding hydrogens is 297 g/mol. The SMILES string of the molecule is CS(=O)(=O)NC(=O)[C@@H]1C[C@H]1c1ccc(Cl)cc1Cl. The molecule has 1 aliphatic rings. The van der Waals surface area contributed by atoms with Gasteiger partial charge in [-0.1, -0.05) is 29.3 Å². The van der Waals surface area contributed by atoms with Gasteiger partial charge in [0.05, 0.1) is 6.26 Å². The molecule has 1 aromatic carbocycles. The molecule has 0 spiro atoms. The largest absolute Gasteiger partial charge is 0.274 e. The summed E-state index contributed by atoms with van der Waals surface area (Å²) in [5.41, 5.74) is 0.828. The van der Waals surface area contributed by atoms with Crippen molar-refractivity contribution in [3.63, 3.8) is 0 Å². The van der Waals surface area contributed by atoms with Crippen molar-refractivity contribution in [2.24, 2.45) is 5.92 Å². The highest BCUT2D eigenvalue weighted by atomic mass is 35.5. The lowest BCUT2D eigenvalue weighted by Crippen LogP contribution is -2.30. The molecule has 1 aliphatic carbocycles. The van der Waals surface area contributed by atoms with Gasteiger partial charge in [-0.15, -0.1) is 0 Å². The molecule has 0 saturated heterocycles. The second-order valence-corrected chi connectivity index (χ2v) is 6.95. The minimum absolute atomic E-state index is 0.0310. The molecule has 2 rings (SSSR count). The minimum Gasteiger partial charge on any atom is -0.274 e. The first-order valence-electron chi connectivity index (χ1n) is 5.24. The van der Waals surface area contributed by atoms with Gasteiger partial charge in [-0.2, -0.15) is 0 Å². The fourth-order valence-electron chi connectivity index (χ4n) is 1.89. The zero-order chi connectivity index (χ0) is 13.5. The molecular formula is C11H11Cl2NO3S. The van der Waals surface area contributed by atoms with Crippen LogP contribution in [0.5, 0.6) is 0 Å². The smallest absolute Gasteiger partial charge is 0.237 e. The van der Waals surface area contributed by atoms with E-state index in [0.29, 0.717) is 16.5 Å². The van der Waals surface area contributed by atoms with E-state index in [1.54, 1.807) is 18.2 Å². The predicted octanol–water partition coefficient (Wildman–Crippen LogP) is 2.17. The molecule has 1 saturated carbocycles. The van der Waals surface area contributed by atoms with E-state index < -0.39 is 15.9 Å². The quantitative estimate of drug-likeness (QED) is 0.931. The topological polar surface area (TPSA) is 63.2 Å². The van der Waals surface area contributed by atoms with Crippen molar-refractivity contribution in [3.05, 3.63) is 33.8 Å². The lowest BCUT2D eigenvalue weighted by atomic mass is 10.1. The summed E-state index contributed by atoms with van der Waals surface area (Å²) in [6.45, 7) is 0. The molecule has 0 unspecified atom stereocenters. The first-order chi connectivity index (χ1) is 8.28. The number of sulfonamides is 1. The van der Waals surface area contributed by atoms with Crippen LogP contribution in [0.3, 0.4) is 0 Å². The summed E-state index contributed by atoms with van der Waals surface area (Å²) in [6, 6.07) is 5.08. The molecule has 2 atom stereocenters. The van der Waals surface area contributed by atoms with Crippen molar-refractivity contribution >= 4 is 39.1 Å². The number of halogens is 2. The van der Waals surface area contributed by atoms with Crippen LogP contribution in [0.1, 0.15) is 17.9 Å². The second kappa shape index (κ2) is 4.72. The lowest BCUT2D eigenvalue weighted by molar-refractivity contribution is -0.120. The molecule has 4 nitrogen and oxygen atoms in total. The number of rotatable bonds is 3. The Morgan fingerprint density at radius 3 is 2.61 bits per heavy atom. The molecule has 18 heavy (non-hydrogen) atoms. The average molecular weight is 308 g/mol. The monoisotopic (exact) mass is 307 g/mol. The maximum Gasteiger partial charge on any atom is 0.237 e. The summed E-state index contributed by atoms with van der Waals surface area (Å²) in [4.78, 5) is 11.6. The normalized spacial score (nSPS) is 22.6. The Kier molecular flexibility index (Phi) is 3.58. The van der Waals surface area contributed by atoms with Crippen LogP contribution in [0.4, 0.5) is 0 Å². The van der Waals surface area contributed by atoms with Crippen LogP contribution in [0.25, 0.3) is 0 Å². The van der Waals surface area contributed by atoms with Gasteiger partial charge < -0.3 is 0 Å². The van der Waals surface area contributed by atoms with E-state index >= 15 is 0 Å². The van der Waals surface area contributed by atoms with Crippen molar-refractivity contribution in [3.8, 4) is 0 Å². The van der Waals surface area contributed by atoms with Gasteiger partial charge in [0.25, 0.3) is 0 Å². The highest BCUT2D eigenvalue weighted by Gasteiger charge is 2.45. The number of carbonyl (C=O) groups is 1. The van der Waals surface area contributed by atoms with E-state index in [1.807, 2.05) is 4.72 Å². The van der Waals surface area contributed by atoms with Crippen LogP contribution in [-0.4, -0.2) is 20.6 Å². The van der Waals surface area contributed by atoms with Crippen LogP contribution in [0.15, 0.2) is 18.2 Å². The maximum atomic E-state index is 11.6. The number of benzene rings is 1. The third kappa shape index (κ3) is 3.16. The minimum atomic E-state index is -3.50. The zero-order valence-electron chi connectivity index (χ0n) is 9.48. The Hall–Kier alpha value is -0.780. The molecule has 1 amide bonds. The average Bonchev–Trinajstić information content (AvgIpc) is 2.94. The van der Waals surface area contributed by atoms with E-state index in [1.165, 1.54) is 0 Å². The van der Waals surface area contributed by atoms with Gasteiger partial charge in [-0.3, -0.25) is 9.52 Å². The van der Waals surface area contributed by atoms with E-state index in [4.69, 9.17) is 23.2 Å². The third-order valence-electron chi connectivity index (χ3n) is 2.78. The summed E-state index contributed by atoms with van der Waals surface area (Å²) in [5.74, 6) is -0.844. The van der Waals surface area contributed by atoms with E-state index in [9.17, 15) is 13.2 Å². The molecule has 0 heterocycles. The van der Waals surface area contributed by atoms with Crippen LogP contribution in [0, 0.1) is 5.92 Å². The van der Waals surface area contributed by atoms with Crippen molar-refractivity contribution in [2.45, 2.75) is 12.3 Å². The summed E-state index contributed by atoms with van der Waals surface area (Å²) < 4.78 is 23.9. The first-order valence-corrected chi connectivity index (χ1v) is 7.89. The van der Waals surface area contributed by atoms with Crippen molar-refractivity contribution in [1.82, 2.24) is 4.72 Å². The van der Waals surface area contributed by atoms with Crippen LogP contribution in [0.2, 0.25) is 10.0 Å². The zero-order valence-corrected chi connectivity index (χ0v) is 11.8. The lowest BCUT2D eigenvalue weighted by Gasteiger charge is -2.04.